The molecule has 11 rings (SSSR count). The van der Waals surface area contributed by atoms with Crippen molar-refractivity contribution in [3.05, 3.63) is 139 Å². The number of pyridine rings is 1. The van der Waals surface area contributed by atoms with Crippen molar-refractivity contribution in [3.8, 4) is 23.5 Å². The van der Waals surface area contributed by atoms with E-state index >= 15 is 0 Å². The first kappa shape index (κ1) is 27.1. The number of nitrogens with zero attached hydrogens (tertiary/aromatic N) is 5. The third kappa shape index (κ3) is 3.56. The Morgan fingerprint density at radius 3 is 1.90 bits per heavy atom. The molecule has 6 aromatic carbocycles. The number of rotatable bonds is 2. The SMILES string of the molecule is N#Cc1ccc2c(c1)c1cc(C#N)ccc1n2-c1ccc2sc3ccc(-n4c5ccccc5c5ccc6oc7cccnc7c6c54)cc3c2c1. The van der Waals surface area contributed by atoms with Gasteiger partial charge in [0.2, 0.25) is 0 Å². The van der Waals surface area contributed by atoms with Gasteiger partial charge in [0.1, 0.15) is 11.1 Å². The van der Waals surface area contributed by atoms with E-state index in [1.165, 1.54) is 25.6 Å². The highest BCUT2D eigenvalue weighted by atomic mass is 32.1. The summed E-state index contributed by atoms with van der Waals surface area (Å²) < 4.78 is 13.3. The van der Waals surface area contributed by atoms with Crippen LogP contribution in [0.2, 0.25) is 0 Å². The molecule has 5 aromatic heterocycles. The molecule has 0 atom stereocenters. The topological polar surface area (TPSA) is 83.5 Å². The Bertz CT molecular complexity index is 3290. The van der Waals surface area contributed by atoms with Crippen LogP contribution in [0.15, 0.2) is 132 Å². The van der Waals surface area contributed by atoms with Crippen molar-refractivity contribution in [1.29, 1.82) is 10.5 Å². The van der Waals surface area contributed by atoms with Crippen molar-refractivity contribution in [2.75, 3.05) is 0 Å². The fourth-order valence-corrected chi connectivity index (χ4v) is 8.94. The molecular formula is C43H21N5OS. The molecule has 0 aliphatic heterocycles. The highest BCUT2D eigenvalue weighted by Gasteiger charge is 2.21. The fourth-order valence-electron chi connectivity index (χ4n) is 7.87. The smallest absolute Gasteiger partial charge is 0.153 e. The molecule has 5 heterocycles. The molecule has 0 amide bonds. The Morgan fingerprint density at radius 2 is 1.20 bits per heavy atom. The first-order valence-corrected chi connectivity index (χ1v) is 17.0. The van der Waals surface area contributed by atoms with E-state index in [4.69, 9.17) is 9.40 Å². The zero-order valence-corrected chi connectivity index (χ0v) is 27.0. The number of nitriles is 2. The van der Waals surface area contributed by atoms with Gasteiger partial charge >= 0.3 is 0 Å². The van der Waals surface area contributed by atoms with Crippen molar-refractivity contribution in [3.63, 3.8) is 0 Å². The molecule has 6 nitrogen and oxygen atoms in total. The van der Waals surface area contributed by atoms with Gasteiger partial charge in [0.25, 0.3) is 0 Å². The van der Waals surface area contributed by atoms with E-state index in [0.29, 0.717) is 11.1 Å². The highest BCUT2D eigenvalue weighted by molar-refractivity contribution is 7.25. The maximum absolute atomic E-state index is 9.67. The predicted octanol–water partition coefficient (Wildman–Crippen LogP) is 11.3. The van der Waals surface area contributed by atoms with Crippen LogP contribution in [0.5, 0.6) is 0 Å². The average Bonchev–Trinajstić information content (AvgIpc) is 3.91. The van der Waals surface area contributed by atoms with Gasteiger partial charge in [-0.15, -0.1) is 11.3 Å². The number of aromatic nitrogens is 3. The lowest BCUT2D eigenvalue weighted by Gasteiger charge is -2.10. The van der Waals surface area contributed by atoms with Gasteiger partial charge in [0.15, 0.2) is 5.58 Å². The second-order valence-electron chi connectivity index (χ2n) is 12.6. The monoisotopic (exact) mass is 655 g/mol. The Balaban J connectivity index is 1.19. The zero-order chi connectivity index (χ0) is 33.1. The first-order valence-electron chi connectivity index (χ1n) is 16.2. The molecule has 0 N–H and O–H groups in total. The molecule has 0 fully saturated rings. The summed E-state index contributed by atoms with van der Waals surface area (Å²) in [5.41, 5.74) is 9.90. The second kappa shape index (κ2) is 9.81. The largest absolute Gasteiger partial charge is 0.454 e. The molecule has 50 heavy (non-hydrogen) atoms. The molecule has 230 valence electrons. The van der Waals surface area contributed by atoms with Gasteiger partial charge in [0, 0.05) is 59.3 Å². The van der Waals surface area contributed by atoms with Crippen molar-refractivity contribution >= 4 is 97.2 Å². The van der Waals surface area contributed by atoms with E-state index in [1.54, 1.807) is 11.3 Å². The molecular weight excluding hydrogens is 635 g/mol. The lowest BCUT2D eigenvalue weighted by atomic mass is 10.1. The van der Waals surface area contributed by atoms with Gasteiger partial charge in [-0.1, -0.05) is 18.2 Å². The van der Waals surface area contributed by atoms with Crippen LogP contribution in [-0.4, -0.2) is 14.1 Å². The third-order valence-electron chi connectivity index (χ3n) is 10.0. The lowest BCUT2D eigenvalue weighted by Crippen LogP contribution is -1.94. The van der Waals surface area contributed by atoms with Gasteiger partial charge in [-0.05, 0) is 103 Å². The lowest BCUT2D eigenvalue weighted by molar-refractivity contribution is 0.668. The molecule has 0 bridgehead atoms. The van der Waals surface area contributed by atoms with Gasteiger partial charge in [-0.25, -0.2) is 0 Å². The van der Waals surface area contributed by atoms with Crippen LogP contribution in [-0.2, 0) is 0 Å². The van der Waals surface area contributed by atoms with E-state index in [2.05, 4.69) is 94.1 Å². The minimum absolute atomic E-state index is 0.590. The maximum atomic E-state index is 9.67. The van der Waals surface area contributed by atoms with Gasteiger partial charge in [-0.3, -0.25) is 4.98 Å². The number of para-hydroxylation sites is 1. The normalized spacial score (nSPS) is 12.0. The summed E-state index contributed by atoms with van der Waals surface area (Å²) in [6, 6.07) is 46.2. The number of benzene rings is 6. The van der Waals surface area contributed by atoms with Crippen LogP contribution in [0.1, 0.15) is 11.1 Å². The van der Waals surface area contributed by atoms with E-state index in [1.807, 2.05) is 54.7 Å². The molecule has 0 saturated carbocycles. The van der Waals surface area contributed by atoms with Crippen molar-refractivity contribution in [2.45, 2.75) is 0 Å². The quantitative estimate of drug-likeness (QED) is 0.185. The van der Waals surface area contributed by atoms with Gasteiger partial charge < -0.3 is 13.6 Å². The van der Waals surface area contributed by atoms with Crippen LogP contribution < -0.4 is 0 Å². The van der Waals surface area contributed by atoms with Crippen LogP contribution in [0.25, 0.3) is 97.2 Å². The minimum atomic E-state index is 0.590. The Kier molecular flexibility index (Phi) is 5.31. The molecule has 0 unspecified atom stereocenters. The molecule has 11 aromatic rings. The number of hydrogen-bond donors (Lipinski definition) is 0. The van der Waals surface area contributed by atoms with Crippen molar-refractivity contribution < 1.29 is 4.42 Å². The van der Waals surface area contributed by atoms with E-state index in [0.717, 1.165) is 71.7 Å². The molecule has 0 saturated heterocycles. The second-order valence-corrected chi connectivity index (χ2v) is 13.7. The van der Waals surface area contributed by atoms with E-state index in [9.17, 15) is 10.5 Å². The van der Waals surface area contributed by atoms with Crippen molar-refractivity contribution in [1.82, 2.24) is 14.1 Å². The number of furan rings is 1. The van der Waals surface area contributed by atoms with Gasteiger partial charge in [-0.2, -0.15) is 10.5 Å². The summed E-state index contributed by atoms with van der Waals surface area (Å²) in [6.45, 7) is 0. The summed E-state index contributed by atoms with van der Waals surface area (Å²) in [5.74, 6) is 0. The first-order chi connectivity index (χ1) is 24.7. The van der Waals surface area contributed by atoms with Crippen LogP contribution in [0.3, 0.4) is 0 Å². The molecule has 0 spiro atoms. The summed E-state index contributed by atoms with van der Waals surface area (Å²) >= 11 is 1.79. The number of thiophene rings is 1. The number of hydrogen-bond acceptors (Lipinski definition) is 5. The van der Waals surface area contributed by atoms with Crippen LogP contribution in [0, 0.1) is 22.7 Å². The summed E-state index contributed by atoms with van der Waals surface area (Å²) in [6.07, 6.45) is 1.83. The standard InChI is InChI=1S/C43H21N5OS/c44-22-24-7-12-35-30(18-24)31-19-25(23-45)8-13-36(31)47(35)26-9-15-39-32(20-26)33-21-27(10-16-40(33)50-39)48-34-5-2-1-4-28(34)29-11-14-37-41(43(29)48)42-38(49-37)6-3-17-46-42/h1-21H. The summed E-state index contributed by atoms with van der Waals surface area (Å²) in [7, 11) is 0. The molecule has 7 heteroatoms. The third-order valence-corrected chi connectivity index (χ3v) is 11.2. The molecule has 0 aliphatic carbocycles. The fraction of sp³-hybridized carbons (Fsp3) is 0. The van der Waals surface area contributed by atoms with Crippen LogP contribution in [0.4, 0.5) is 0 Å². The average molecular weight is 656 g/mol. The van der Waals surface area contributed by atoms with Crippen molar-refractivity contribution in [2.24, 2.45) is 0 Å². The summed E-state index contributed by atoms with van der Waals surface area (Å²) in [4.78, 5) is 4.76. The zero-order valence-electron chi connectivity index (χ0n) is 26.2. The van der Waals surface area contributed by atoms with E-state index in [-0.39, 0.29) is 0 Å². The molecule has 0 aliphatic rings. The Morgan fingerprint density at radius 1 is 0.540 bits per heavy atom. The Hall–Kier alpha value is -6.93. The number of fused-ring (bicyclic) bond motifs is 13. The maximum Gasteiger partial charge on any atom is 0.153 e. The van der Waals surface area contributed by atoms with Crippen LogP contribution >= 0.6 is 11.3 Å². The summed E-state index contributed by atoms with van der Waals surface area (Å²) in [5, 5.41) is 26.9. The Labute approximate surface area is 287 Å². The minimum Gasteiger partial charge on any atom is -0.454 e. The predicted molar refractivity (Wildman–Crippen MR) is 203 cm³/mol. The molecule has 0 radical (unpaired) electrons. The van der Waals surface area contributed by atoms with Gasteiger partial charge in [0.05, 0.1) is 50.7 Å². The van der Waals surface area contributed by atoms with E-state index < -0.39 is 0 Å². The highest BCUT2D eigenvalue weighted by Crippen LogP contribution is 2.43.